The van der Waals surface area contributed by atoms with Gasteiger partial charge in [-0.1, -0.05) is 18.2 Å². The Hall–Kier alpha value is -1.55. The van der Waals surface area contributed by atoms with Gasteiger partial charge in [-0.15, -0.1) is 0 Å². The minimum Gasteiger partial charge on any atom is -0.492 e. The van der Waals surface area contributed by atoms with Gasteiger partial charge in [-0.2, -0.15) is 0 Å². The number of nitrogens with one attached hydrogen (secondary N) is 1. The van der Waals surface area contributed by atoms with Gasteiger partial charge in [0, 0.05) is 32.6 Å². The third-order valence-corrected chi connectivity index (χ3v) is 2.92. The van der Waals surface area contributed by atoms with E-state index in [0.717, 1.165) is 25.4 Å². The fraction of sp³-hybridized carbons (Fsp3) is 0.533. The Labute approximate surface area is 115 Å². The van der Waals surface area contributed by atoms with Gasteiger partial charge >= 0.3 is 0 Å². The fourth-order valence-electron chi connectivity index (χ4n) is 1.81. The van der Waals surface area contributed by atoms with Crippen LogP contribution in [0.5, 0.6) is 5.75 Å². The van der Waals surface area contributed by atoms with E-state index in [1.807, 2.05) is 49.1 Å². The molecule has 0 atom stereocenters. The van der Waals surface area contributed by atoms with Crippen LogP contribution in [0.2, 0.25) is 0 Å². The molecule has 1 rings (SSSR count). The van der Waals surface area contributed by atoms with Crippen molar-refractivity contribution in [3.8, 4) is 5.75 Å². The van der Waals surface area contributed by atoms with Gasteiger partial charge in [-0.3, -0.25) is 4.79 Å². The number of hydrogen-bond acceptors (Lipinski definition) is 3. The standard InChI is InChI=1S/C15H24N2O2/c1-3-17(4-2)15(18)10-11-16-12-13-19-14-8-6-5-7-9-14/h5-9,16H,3-4,10-13H2,1-2H3. The fourth-order valence-corrected chi connectivity index (χ4v) is 1.81. The van der Waals surface area contributed by atoms with E-state index in [0.29, 0.717) is 19.6 Å². The summed E-state index contributed by atoms with van der Waals surface area (Å²) in [5, 5.41) is 3.22. The molecule has 0 aliphatic rings. The van der Waals surface area contributed by atoms with Gasteiger partial charge in [0.25, 0.3) is 0 Å². The first-order valence-corrected chi connectivity index (χ1v) is 6.94. The van der Waals surface area contributed by atoms with Gasteiger partial charge in [-0.25, -0.2) is 0 Å². The molecule has 1 amide bonds. The maximum absolute atomic E-state index is 11.7. The van der Waals surface area contributed by atoms with E-state index in [2.05, 4.69) is 5.32 Å². The van der Waals surface area contributed by atoms with Gasteiger partial charge in [0.1, 0.15) is 12.4 Å². The van der Waals surface area contributed by atoms with Gasteiger partial charge in [0.2, 0.25) is 5.91 Å². The van der Waals surface area contributed by atoms with Crippen molar-refractivity contribution in [2.75, 3.05) is 32.8 Å². The lowest BCUT2D eigenvalue weighted by Gasteiger charge is -2.18. The molecule has 0 saturated heterocycles. The van der Waals surface area contributed by atoms with Crippen LogP contribution in [0.3, 0.4) is 0 Å². The van der Waals surface area contributed by atoms with Crippen LogP contribution in [0.25, 0.3) is 0 Å². The van der Waals surface area contributed by atoms with Crippen LogP contribution in [0.15, 0.2) is 30.3 Å². The third-order valence-electron chi connectivity index (χ3n) is 2.92. The van der Waals surface area contributed by atoms with Gasteiger partial charge in [0.15, 0.2) is 0 Å². The SMILES string of the molecule is CCN(CC)C(=O)CCNCCOc1ccccc1. The average Bonchev–Trinajstić information content (AvgIpc) is 2.45. The monoisotopic (exact) mass is 264 g/mol. The number of benzene rings is 1. The van der Waals surface area contributed by atoms with Crippen molar-refractivity contribution in [1.82, 2.24) is 10.2 Å². The maximum atomic E-state index is 11.7. The zero-order valence-electron chi connectivity index (χ0n) is 11.9. The molecule has 0 spiro atoms. The van der Waals surface area contributed by atoms with Crippen LogP contribution >= 0.6 is 0 Å². The zero-order chi connectivity index (χ0) is 13.9. The molecule has 0 unspecified atom stereocenters. The summed E-state index contributed by atoms with van der Waals surface area (Å²) in [7, 11) is 0. The molecule has 0 saturated carbocycles. The number of ether oxygens (including phenoxy) is 1. The predicted molar refractivity (Wildman–Crippen MR) is 77.4 cm³/mol. The normalized spacial score (nSPS) is 10.2. The van der Waals surface area contributed by atoms with E-state index in [9.17, 15) is 4.79 Å². The lowest BCUT2D eigenvalue weighted by atomic mass is 10.3. The van der Waals surface area contributed by atoms with Gasteiger partial charge in [-0.05, 0) is 26.0 Å². The van der Waals surface area contributed by atoms with Crippen molar-refractivity contribution in [1.29, 1.82) is 0 Å². The molecule has 1 aromatic rings. The van der Waals surface area contributed by atoms with E-state index in [4.69, 9.17) is 4.74 Å². The molecule has 0 heterocycles. The number of amides is 1. The lowest BCUT2D eigenvalue weighted by molar-refractivity contribution is -0.130. The molecule has 0 aliphatic carbocycles. The molecule has 0 bridgehead atoms. The Morgan fingerprint density at radius 3 is 2.47 bits per heavy atom. The number of rotatable bonds is 9. The first kappa shape index (κ1) is 15.5. The Morgan fingerprint density at radius 1 is 1.16 bits per heavy atom. The molecule has 0 radical (unpaired) electrons. The van der Waals surface area contributed by atoms with E-state index in [1.165, 1.54) is 0 Å². The van der Waals surface area contributed by atoms with Crippen LogP contribution < -0.4 is 10.1 Å². The molecule has 4 heteroatoms. The van der Waals surface area contributed by atoms with Crippen molar-refractivity contribution < 1.29 is 9.53 Å². The third kappa shape index (κ3) is 6.25. The van der Waals surface area contributed by atoms with E-state index in [1.54, 1.807) is 0 Å². The van der Waals surface area contributed by atoms with Gasteiger partial charge < -0.3 is 15.0 Å². The Kier molecular flexibility index (Phi) is 7.66. The maximum Gasteiger partial charge on any atom is 0.223 e. The summed E-state index contributed by atoms with van der Waals surface area (Å²) in [5.74, 6) is 1.09. The van der Waals surface area contributed by atoms with E-state index in [-0.39, 0.29) is 5.91 Å². The molecular formula is C15H24N2O2. The summed E-state index contributed by atoms with van der Waals surface area (Å²) in [6.45, 7) is 7.64. The second-order valence-electron chi connectivity index (χ2n) is 4.23. The molecule has 19 heavy (non-hydrogen) atoms. The van der Waals surface area contributed by atoms with Crippen molar-refractivity contribution in [3.05, 3.63) is 30.3 Å². The average molecular weight is 264 g/mol. The lowest BCUT2D eigenvalue weighted by Crippen LogP contribution is -2.33. The number of para-hydroxylation sites is 1. The van der Waals surface area contributed by atoms with Crippen LogP contribution in [0, 0.1) is 0 Å². The quantitative estimate of drug-likeness (QED) is 0.693. The first-order valence-electron chi connectivity index (χ1n) is 6.94. The van der Waals surface area contributed by atoms with Crippen LogP contribution in [0.4, 0.5) is 0 Å². The highest BCUT2D eigenvalue weighted by Gasteiger charge is 2.07. The second kappa shape index (κ2) is 9.39. The Balaban J connectivity index is 2.04. The predicted octanol–water partition coefficient (Wildman–Crippen LogP) is 1.91. The van der Waals surface area contributed by atoms with E-state index >= 15 is 0 Å². The Morgan fingerprint density at radius 2 is 1.84 bits per heavy atom. The van der Waals surface area contributed by atoms with Crippen LogP contribution in [-0.2, 0) is 4.79 Å². The topological polar surface area (TPSA) is 41.6 Å². The zero-order valence-corrected chi connectivity index (χ0v) is 11.9. The van der Waals surface area contributed by atoms with Crippen molar-refractivity contribution in [2.45, 2.75) is 20.3 Å². The summed E-state index contributed by atoms with van der Waals surface area (Å²) in [4.78, 5) is 13.6. The van der Waals surface area contributed by atoms with Crippen molar-refractivity contribution >= 4 is 5.91 Å². The van der Waals surface area contributed by atoms with E-state index < -0.39 is 0 Å². The smallest absolute Gasteiger partial charge is 0.223 e. The number of carbonyl (C=O) groups is 1. The molecular weight excluding hydrogens is 240 g/mol. The molecule has 0 fully saturated rings. The highest BCUT2D eigenvalue weighted by molar-refractivity contribution is 5.76. The molecule has 1 aromatic carbocycles. The highest BCUT2D eigenvalue weighted by atomic mass is 16.5. The summed E-state index contributed by atoms with van der Waals surface area (Å²) in [6.07, 6.45) is 0.549. The number of hydrogen-bond donors (Lipinski definition) is 1. The molecule has 106 valence electrons. The molecule has 4 nitrogen and oxygen atoms in total. The summed E-state index contributed by atoms with van der Waals surface area (Å²) in [5.41, 5.74) is 0. The van der Waals surface area contributed by atoms with Gasteiger partial charge in [0.05, 0.1) is 0 Å². The van der Waals surface area contributed by atoms with Crippen LogP contribution in [-0.4, -0.2) is 43.6 Å². The second-order valence-corrected chi connectivity index (χ2v) is 4.23. The first-order chi connectivity index (χ1) is 9.27. The van der Waals surface area contributed by atoms with Crippen molar-refractivity contribution in [2.24, 2.45) is 0 Å². The summed E-state index contributed by atoms with van der Waals surface area (Å²) >= 11 is 0. The molecule has 0 aromatic heterocycles. The Bertz CT molecular complexity index is 350. The molecule has 0 aliphatic heterocycles. The minimum absolute atomic E-state index is 0.210. The van der Waals surface area contributed by atoms with Crippen LogP contribution in [0.1, 0.15) is 20.3 Å². The number of carbonyl (C=O) groups excluding carboxylic acids is 1. The largest absolute Gasteiger partial charge is 0.492 e. The highest BCUT2D eigenvalue weighted by Crippen LogP contribution is 2.07. The summed E-state index contributed by atoms with van der Waals surface area (Å²) < 4.78 is 5.54. The minimum atomic E-state index is 0.210. The van der Waals surface area contributed by atoms with Crippen molar-refractivity contribution in [3.63, 3.8) is 0 Å². The molecule has 1 N–H and O–H groups in total. The number of nitrogens with zero attached hydrogens (tertiary/aromatic N) is 1. The summed E-state index contributed by atoms with van der Waals surface area (Å²) in [6, 6.07) is 9.73.